The zero-order valence-electron chi connectivity index (χ0n) is 20.0. The van der Waals surface area contributed by atoms with Gasteiger partial charge in [0.15, 0.2) is 0 Å². The number of aryl methyl sites for hydroxylation is 1. The van der Waals surface area contributed by atoms with Crippen LogP contribution in [0.4, 0.5) is 4.39 Å². The van der Waals surface area contributed by atoms with Crippen LogP contribution in [0.5, 0.6) is 0 Å². The summed E-state index contributed by atoms with van der Waals surface area (Å²) >= 11 is 5.89. The predicted octanol–water partition coefficient (Wildman–Crippen LogP) is 3.58. The zero-order chi connectivity index (χ0) is 24.4. The lowest BCUT2D eigenvalue weighted by Crippen LogP contribution is -2.51. The highest BCUT2D eigenvalue weighted by Crippen LogP contribution is 2.26. The molecule has 0 saturated carbocycles. The van der Waals surface area contributed by atoms with Gasteiger partial charge in [0.1, 0.15) is 5.82 Å². The average molecular weight is 491 g/mol. The Bertz CT molecular complexity index is 1060. The van der Waals surface area contributed by atoms with E-state index >= 15 is 0 Å². The third-order valence-electron chi connectivity index (χ3n) is 7.04. The van der Waals surface area contributed by atoms with Crippen molar-refractivity contribution in [3.05, 3.63) is 51.6 Å². The Hall–Kier alpha value is -2.45. The summed E-state index contributed by atoms with van der Waals surface area (Å²) < 4.78 is 21.3. The summed E-state index contributed by atoms with van der Waals surface area (Å²) in [6.45, 7) is 8.88. The minimum Gasteiger partial charge on any atom is -0.466 e. The van der Waals surface area contributed by atoms with Crippen LogP contribution in [-0.2, 0) is 33.8 Å². The van der Waals surface area contributed by atoms with Gasteiger partial charge in [-0.15, -0.1) is 0 Å². The number of esters is 1. The molecule has 2 aliphatic rings. The topological polar surface area (TPSA) is 67.7 Å². The third kappa shape index (κ3) is 5.13. The highest BCUT2D eigenvalue weighted by Gasteiger charge is 2.34. The molecule has 4 rings (SSSR count). The second-order valence-corrected chi connectivity index (χ2v) is 9.59. The first kappa shape index (κ1) is 24.7. The molecular weight excluding hydrogens is 459 g/mol. The molecular formula is C25H32ClFN4O3. The van der Waals surface area contributed by atoms with Crippen LogP contribution in [0.2, 0.25) is 5.02 Å². The number of fused-ring (bicyclic) bond motifs is 1. The van der Waals surface area contributed by atoms with Crippen molar-refractivity contribution in [1.82, 2.24) is 19.6 Å². The Morgan fingerprint density at radius 1 is 1.26 bits per heavy atom. The maximum atomic E-state index is 14.4. The second-order valence-electron chi connectivity index (χ2n) is 9.15. The number of aromatic nitrogens is 2. The first-order valence-corrected chi connectivity index (χ1v) is 12.3. The van der Waals surface area contributed by atoms with Crippen molar-refractivity contribution in [1.29, 1.82) is 0 Å². The third-order valence-corrected chi connectivity index (χ3v) is 7.28. The van der Waals surface area contributed by atoms with Crippen molar-refractivity contribution in [2.45, 2.75) is 59.2 Å². The van der Waals surface area contributed by atoms with Crippen LogP contribution in [0.1, 0.15) is 49.2 Å². The Labute approximate surface area is 204 Å². The number of amides is 1. The van der Waals surface area contributed by atoms with Crippen LogP contribution in [0, 0.1) is 18.7 Å². The molecule has 9 heteroatoms. The molecule has 0 N–H and O–H groups in total. The lowest BCUT2D eigenvalue weighted by molar-refractivity contribution is -0.150. The molecule has 1 unspecified atom stereocenters. The molecule has 0 radical (unpaired) electrons. The predicted molar refractivity (Wildman–Crippen MR) is 127 cm³/mol. The van der Waals surface area contributed by atoms with E-state index in [0.717, 1.165) is 23.4 Å². The van der Waals surface area contributed by atoms with Gasteiger partial charge < -0.3 is 9.64 Å². The van der Waals surface area contributed by atoms with Crippen molar-refractivity contribution >= 4 is 23.5 Å². The van der Waals surface area contributed by atoms with Gasteiger partial charge in [-0.3, -0.25) is 19.2 Å². The Kier molecular flexibility index (Phi) is 7.57. The van der Waals surface area contributed by atoms with Gasteiger partial charge in [0.05, 0.1) is 43.0 Å². The lowest BCUT2D eigenvalue weighted by atomic mass is 9.95. The summed E-state index contributed by atoms with van der Waals surface area (Å²) in [6.07, 6.45) is 2.14. The molecule has 184 valence electrons. The number of hydrogen-bond donors (Lipinski definition) is 0. The first-order valence-electron chi connectivity index (χ1n) is 12.0. The van der Waals surface area contributed by atoms with Gasteiger partial charge in [-0.2, -0.15) is 5.10 Å². The summed E-state index contributed by atoms with van der Waals surface area (Å²) in [5.41, 5.74) is 3.53. The molecule has 1 saturated heterocycles. The van der Waals surface area contributed by atoms with E-state index in [1.807, 2.05) is 30.4 Å². The fourth-order valence-corrected chi connectivity index (χ4v) is 5.17. The number of hydrogen-bond acceptors (Lipinski definition) is 5. The number of nitrogens with zero attached hydrogens (tertiary/aromatic N) is 4. The molecule has 1 aromatic heterocycles. The van der Waals surface area contributed by atoms with Gasteiger partial charge in [-0.25, -0.2) is 4.39 Å². The number of carbonyl (C=O) groups is 2. The first-order chi connectivity index (χ1) is 16.3. The van der Waals surface area contributed by atoms with E-state index in [1.165, 1.54) is 6.07 Å². The van der Waals surface area contributed by atoms with Crippen molar-refractivity contribution < 1.29 is 18.7 Å². The smallest absolute Gasteiger partial charge is 0.309 e. The highest BCUT2D eigenvalue weighted by molar-refractivity contribution is 6.30. The molecule has 0 bridgehead atoms. The number of rotatable bonds is 6. The highest BCUT2D eigenvalue weighted by atomic mass is 35.5. The minimum atomic E-state index is -0.363. The summed E-state index contributed by atoms with van der Waals surface area (Å²) in [7, 11) is 0. The molecule has 2 aromatic rings. The van der Waals surface area contributed by atoms with Gasteiger partial charge >= 0.3 is 5.97 Å². The minimum absolute atomic E-state index is 0.0725. The zero-order valence-corrected chi connectivity index (χ0v) is 20.8. The van der Waals surface area contributed by atoms with Gasteiger partial charge in [0, 0.05) is 17.1 Å². The average Bonchev–Trinajstić information content (AvgIpc) is 3.14. The second kappa shape index (κ2) is 10.4. The van der Waals surface area contributed by atoms with Gasteiger partial charge in [0.25, 0.3) is 0 Å². The molecule has 0 aliphatic carbocycles. The fourth-order valence-electron chi connectivity index (χ4n) is 5.01. The number of benzene rings is 1. The Morgan fingerprint density at radius 3 is 2.68 bits per heavy atom. The van der Waals surface area contributed by atoms with Crippen molar-refractivity contribution in [3.8, 4) is 0 Å². The molecule has 34 heavy (non-hydrogen) atoms. The van der Waals surface area contributed by atoms with Crippen LogP contribution < -0.4 is 0 Å². The van der Waals surface area contributed by atoms with Crippen molar-refractivity contribution in [2.75, 3.05) is 26.2 Å². The molecule has 1 aromatic carbocycles. The normalized spacial score (nSPS) is 18.0. The molecule has 7 nitrogen and oxygen atoms in total. The number of piperidine rings is 1. The van der Waals surface area contributed by atoms with E-state index in [-0.39, 0.29) is 36.2 Å². The summed E-state index contributed by atoms with van der Waals surface area (Å²) in [4.78, 5) is 29.4. The SMILES string of the molecule is CCOC(=O)C1CCN(C(C)C(=O)N2CCc3c(C)nn(Cc4ccc(Cl)cc4F)c3C2)CC1. The van der Waals surface area contributed by atoms with Gasteiger partial charge in [-0.05, 0) is 70.8 Å². The van der Waals surface area contributed by atoms with Crippen LogP contribution >= 0.6 is 11.6 Å². The van der Waals surface area contributed by atoms with Crippen LogP contribution in [0.15, 0.2) is 18.2 Å². The van der Waals surface area contributed by atoms with E-state index < -0.39 is 0 Å². The van der Waals surface area contributed by atoms with Crippen LogP contribution in [0.3, 0.4) is 0 Å². The molecule has 1 atom stereocenters. The fraction of sp³-hybridized carbons (Fsp3) is 0.560. The van der Waals surface area contributed by atoms with Crippen LogP contribution in [0.25, 0.3) is 0 Å². The molecule has 2 aliphatic heterocycles. The quantitative estimate of drug-likeness (QED) is 0.579. The standard InChI is InChI=1S/C25H32ClFN4O3/c1-4-34-25(33)18-7-10-29(11-8-18)17(3)24(32)30-12-9-21-16(2)28-31(23(21)15-30)14-19-5-6-20(26)13-22(19)27/h5-6,13,17-18H,4,7-12,14-15H2,1-3H3. The van der Waals surface area contributed by atoms with E-state index in [2.05, 4.69) is 10.00 Å². The molecule has 1 amide bonds. The summed E-state index contributed by atoms with van der Waals surface area (Å²) in [5, 5.41) is 5.00. The largest absolute Gasteiger partial charge is 0.466 e. The maximum absolute atomic E-state index is 14.4. The number of halogens is 2. The van der Waals surface area contributed by atoms with E-state index in [1.54, 1.807) is 12.1 Å². The van der Waals surface area contributed by atoms with E-state index in [0.29, 0.717) is 56.2 Å². The number of ether oxygens (including phenoxy) is 1. The van der Waals surface area contributed by atoms with Crippen LogP contribution in [-0.4, -0.2) is 63.7 Å². The number of carbonyl (C=O) groups excluding carboxylic acids is 2. The molecule has 1 fully saturated rings. The summed E-state index contributed by atoms with van der Waals surface area (Å²) in [6, 6.07) is 4.39. The van der Waals surface area contributed by atoms with Crippen molar-refractivity contribution in [3.63, 3.8) is 0 Å². The maximum Gasteiger partial charge on any atom is 0.309 e. The Morgan fingerprint density at radius 2 is 2.00 bits per heavy atom. The monoisotopic (exact) mass is 490 g/mol. The molecule has 0 spiro atoms. The molecule has 3 heterocycles. The van der Waals surface area contributed by atoms with E-state index in [9.17, 15) is 14.0 Å². The number of likely N-dealkylation sites (tertiary alicyclic amines) is 1. The van der Waals surface area contributed by atoms with Gasteiger partial charge in [-0.1, -0.05) is 17.7 Å². The van der Waals surface area contributed by atoms with E-state index in [4.69, 9.17) is 16.3 Å². The van der Waals surface area contributed by atoms with Gasteiger partial charge in [0.2, 0.25) is 5.91 Å². The van der Waals surface area contributed by atoms with Crippen molar-refractivity contribution in [2.24, 2.45) is 5.92 Å². The lowest BCUT2D eigenvalue weighted by Gasteiger charge is -2.37. The summed E-state index contributed by atoms with van der Waals surface area (Å²) in [5.74, 6) is -0.506. The Balaban J connectivity index is 1.42.